The van der Waals surface area contributed by atoms with Crippen LogP contribution < -0.4 is 10.0 Å². The molecule has 1 saturated carbocycles. The summed E-state index contributed by atoms with van der Waals surface area (Å²) in [5.74, 6) is 0. The summed E-state index contributed by atoms with van der Waals surface area (Å²) < 4.78 is 28.1. The lowest BCUT2D eigenvalue weighted by Crippen LogP contribution is -2.34. The fraction of sp³-hybridized carbons (Fsp3) is 0.538. The highest BCUT2D eigenvalue weighted by Gasteiger charge is 2.21. The minimum Gasteiger partial charge on any atom is -0.314 e. The molecule has 0 aromatic heterocycles. The quantitative estimate of drug-likeness (QED) is 0.708. The highest BCUT2D eigenvalue weighted by atomic mass is 35.5. The molecule has 0 bridgehead atoms. The Bertz CT molecular complexity index is 571. The Morgan fingerprint density at radius 1 is 1.24 bits per heavy atom. The van der Waals surface area contributed by atoms with Crippen LogP contribution >= 0.6 is 23.2 Å². The van der Waals surface area contributed by atoms with E-state index in [4.69, 9.17) is 23.2 Å². The summed E-state index contributed by atoms with van der Waals surface area (Å²) in [6.07, 6.45) is 3.22. The minimum absolute atomic E-state index is 0.357. The van der Waals surface area contributed by atoms with Crippen molar-refractivity contribution in [3.05, 3.63) is 28.2 Å². The molecule has 5 nitrogen and oxygen atoms in total. The smallest absolute Gasteiger partial charge is 0.301 e. The normalized spacial score (nSPS) is 15.4. The van der Waals surface area contributed by atoms with Gasteiger partial charge in [-0.05, 0) is 44.0 Å². The van der Waals surface area contributed by atoms with Crippen molar-refractivity contribution in [3.63, 3.8) is 0 Å². The van der Waals surface area contributed by atoms with E-state index in [0.717, 1.165) is 13.0 Å². The van der Waals surface area contributed by atoms with Crippen molar-refractivity contribution in [2.45, 2.75) is 25.3 Å². The summed E-state index contributed by atoms with van der Waals surface area (Å²) in [5, 5.41) is 4.12. The highest BCUT2D eigenvalue weighted by Crippen LogP contribution is 2.23. The van der Waals surface area contributed by atoms with Crippen LogP contribution in [0.3, 0.4) is 0 Å². The molecule has 0 heterocycles. The average molecular weight is 352 g/mol. The summed E-state index contributed by atoms with van der Waals surface area (Å²) in [4.78, 5) is 0. The van der Waals surface area contributed by atoms with Crippen molar-refractivity contribution in [3.8, 4) is 0 Å². The minimum atomic E-state index is -3.59. The van der Waals surface area contributed by atoms with Crippen molar-refractivity contribution < 1.29 is 8.42 Å². The molecule has 1 aliphatic rings. The Hall–Kier alpha value is -0.530. The van der Waals surface area contributed by atoms with Crippen LogP contribution in [0.5, 0.6) is 0 Å². The largest absolute Gasteiger partial charge is 0.314 e. The molecule has 0 saturated heterocycles. The SMILES string of the molecule is CN(CCCNC1CC1)S(=O)(=O)Nc1cc(Cl)cc(Cl)c1. The highest BCUT2D eigenvalue weighted by molar-refractivity contribution is 7.90. The molecule has 0 aliphatic heterocycles. The van der Waals surface area contributed by atoms with E-state index >= 15 is 0 Å². The van der Waals surface area contributed by atoms with Crippen LogP contribution in [0.4, 0.5) is 5.69 Å². The number of rotatable bonds is 8. The molecule has 8 heteroatoms. The van der Waals surface area contributed by atoms with Crippen molar-refractivity contribution in [2.24, 2.45) is 0 Å². The third-order valence-corrected chi connectivity index (χ3v) is 5.11. The molecule has 0 radical (unpaired) electrons. The summed E-state index contributed by atoms with van der Waals surface area (Å²) in [5.41, 5.74) is 0.357. The number of nitrogens with one attached hydrogen (secondary N) is 2. The van der Waals surface area contributed by atoms with Gasteiger partial charge >= 0.3 is 10.2 Å². The van der Waals surface area contributed by atoms with Gasteiger partial charge in [-0.15, -0.1) is 0 Å². The molecule has 1 aromatic carbocycles. The van der Waals surface area contributed by atoms with Crippen LogP contribution in [0, 0.1) is 0 Å². The molecule has 0 unspecified atom stereocenters. The lowest BCUT2D eigenvalue weighted by atomic mass is 10.3. The van der Waals surface area contributed by atoms with E-state index in [-0.39, 0.29) is 0 Å². The second-order valence-corrected chi connectivity index (χ2v) is 7.82. The second kappa shape index (κ2) is 7.15. The van der Waals surface area contributed by atoms with E-state index in [2.05, 4.69) is 10.0 Å². The van der Waals surface area contributed by atoms with Gasteiger partial charge in [0.25, 0.3) is 0 Å². The molecule has 1 aliphatic carbocycles. The van der Waals surface area contributed by atoms with Crippen LogP contribution in [0.2, 0.25) is 10.0 Å². The molecule has 0 atom stereocenters. The summed E-state index contributed by atoms with van der Waals surface area (Å²) in [6.45, 7) is 1.27. The Balaban J connectivity index is 1.86. The van der Waals surface area contributed by atoms with Crippen LogP contribution in [0.1, 0.15) is 19.3 Å². The molecule has 0 spiro atoms. The van der Waals surface area contributed by atoms with Gasteiger partial charge in [0.15, 0.2) is 0 Å². The Morgan fingerprint density at radius 2 is 1.86 bits per heavy atom. The predicted octanol–water partition coefficient (Wildman–Crippen LogP) is 2.72. The zero-order valence-corrected chi connectivity index (χ0v) is 14.1. The molecule has 21 heavy (non-hydrogen) atoms. The monoisotopic (exact) mass is 351 g/mol. The van der Waals surface area contributed by atoms with Crippen molar-refractivity contribution in [1.29, 1.82) is 0 Å². The average Bonchev–Trinajstić information content (AvgIpc) is 3.16. The summed E-state index contributed by atoms with van der Waals surface area (Å²) in [6, 6.07) is 5.23. The molecular formula is C13H19Cl2N3O2S. The first-order valence-corrected chi connectivity index (χ1v) is 9.00. The van der Waals surface area contributed by atoms with Gasteiger partial charge in [-0.25, -0.2) is 0 Å². The van der Waals surface area contributed by atoms with Gasteiger partial charge in [-0.1, -0.05) is 23.2 Å². The third-order valence-electron chi connectivity index (χ3n) is 3.18. The molecule has 2 rings (SSSR count). The zero-order chi connectivity index (χ0) is 15.5. The lowest BCUT2D eigenvalue weighted by molar-refractivity contribution is 0.458. The van der Waals surface area contributed by atoms with Crippen LogP contribution in [0.15, 0.2) is 18.2 Å². The zero-order valence-electron chi connectivity index (χ0n) is 11.8. The molecule has 1 fully saturated rings. The third kappa shape index (κ3) is 5.64. The predicted molar refractivity (Wildman–Crippen MR) is 87.3 cm³/mol. The van der Waals surface area contributed by atoms with E-state index in [1.165, 1.54) is 29.3 Å². The van der Waals surface area contributed by atoms with Gasteiger partial charge in [0, 0.05) is 29.7 Å². The Morgan fingerprint density at radius 3 is 2.43 bits per heavy atom. The molecule has 2 N–H and O–H groups in total. The van der Waals surface area contributed by atoms with E-state index < -0.39 is 10.2 Å². The Labute approximate surface area is 135 Å². The topological polar surface area (TPSA) is 61.4 Å². The maximum absolute atomic E-state index is 12.2. The first-order valence-electron chi connectivity index (χ1n) is 6.80. The van der Waals surface area contributed by atoms with E-state index in [0.29, 0.717) is 28.3 Å². The first-order chi connectivity index (χ1) is 9.87. The fourth-order valence-electron chi connectivity index (χ4n) is 1.86. The van der Waals surface area contributed by atoms with Gasteiger partial charge in [0.2, 0.25) is 0 Å². The fourth-order valence-corrected chi connectivity index (χ4v) is 3.32. The first kappa shape index (κ1) is 16.8. The lowest BCUT2D eigenvalue weighted by Gasteiger charge is -2.18. The standard InChI is InChI=1S/C13H19Cl2N3O2S/c1-18(6-2-5-16-12-3-4-12)21(19,20)17-13-8-10(14)7-11(15)9-13/h7-9,12,16-17H,2-6H2,1H3. The number of anilines is 1. The van der Waals surface area contributed by atoms with Gasteiger partial charge in [-0.3, -0.25) is 4.72 Å². The van der Waals surface area contributed by atoms with Gasteiger partial charge in [-0.2, -0.15) is 12.7 Å². The summed E-state index contributed by atoms with van der Waals surface area (Å²) >= 11 is 11.7. The number of nitrogens with zero attached hydrogens (tertiary/aromatic N) is 1. The van der Waals surface area contributed by atoms with Crippen LogP contribution in [-0.4, -0.2) is 38.9 Å². The van der Waals surface area contributed by atoms with Gasteiger partial charge < -0.3 is 5.32 Å². The number of hydrogen-bond acceptors (Lipinski definition) is 3. The summed E-state index contributed by atoms with van der Waals surface area (Å²) in [7, 11) is -2.05. The number of halogens is 2. The van der Waals surface area contributed by atoms with Crippen molar-refractivity contribution >= 4 is 39.1 Å². The maximum atomic E-state index is 12.2. The van der Waals surface area contributed by atoms with E-state index in [1.807, 2.05) is 0 Å². The second-order valence-electron chi connectivity index (χ2n) is 5.17. The number of benzene rings is 1. The van der Waals surface area contributed by atoms with E-state index in [1.54, 1.807) is 13.1 Å². The van der Waals surface area contributed by atoms with Gasteiger partial charge in [0.1, 0.15) is 0 Å². The molecule has 1 aromatic rings. The molecule has 118 valence electrons. The molecule has 0 amide bonds. The van der Waals surface area contributed by atoms with E-state index in [9.17, 15) is 8.42 Å². The van der Waals surface area contributed by atoms with Crippen LogP contribution in [-0.2, 0) is 10.2 Å². The number of hydrogen-bond donors (Lipinski definition) is 2. The van der Waals surface area contributed by atoms with Crippen LogP contribution in [0.25, 0.3) is 0 Å². The van der Waals surface area contributed by atoms with Gasteiger partial charge in [0.05, 0.1) is 5.69 Å². The Kier molecular flexibility index (Phi) is 5.73. The van der Waals surface area contributed by atoms with Crippen molar-refractivity contribution in [1.82, 2.24) is 9.62 Å². The van der Waals surface area contributed by atoms with Crippen molar-refractivity contribution in [2.75, 3.05) is 24.9 Å². The molecular weight excluding hydrogens is 333 g/mol. The maximum Gasteiger partial charge on any atom is 0.301 e.